The van der Waals surface area contributed by atoms with Gasteiger partial charge in [0.15, 0.2) is 5.11 Å². The predicted octanol–water partition coefficient (Wildman–Crippen LogP) is 3.51. The number of hydrogen-bond donors (Lipinski definition) is 1. The topological polar surface area (TPSA) is 28.2 Å². The van der Waals surface area contributed by atoms with Gasteiger partial charge in [-0.2, -0.15) is 0 Å². The molecule has 0 aliphatic carbocycles. The second-order valence-corrected chi connectivity index (χ2v) is 7.26. The molecule has 1 fully saturated rings. The first kappa shape index (κ1) is 13.0. The first-order chi connectivity index (χ1) is 9.16. The molecule has 0 amide bonds. The Morgan fingerprint density at radius 3 is 2.84 bits per heavy atom. The zero-order valence-corrected chi connectivity index (χ0v) is 13.4. The summed E-state index contributed by atoms with van der Waals surface area (Å²) in [5, 5.41) is 4.13. The van der Waals surface area contributed by atoms with E-state index in [9.17, 15) is 0 Å². The molecule has 3 nitrogen and oxygen atoms in total. The quantitative estimate of drug-likeness (QED) is 0.836. The van der Waals surface area contributed by atoms with Crippen molar-refractivity contribution in [2.24, 2.45) is 0 Å². The summed E-state index contributed by atoms with van der Waals surface area (Å²) in [6.07, 6.45) is 1.82. The van der Waals surface area contributed by atoms with Gasteiger partial charge in [0.1, 0.15) is 0 Å². The molecule has 2 aromatic heterocycles. The third kappa shape index (κ3) is 2.40. The summed E-state index contributed by atoms with van der Waals surface area (Å²) < 4.78 is 1.13. The van der Waals surface area contributed by atoms with Crippen molar-refractivity contribution in [3.8, 4) is 0 Å². The van der Waals surface area contributed by atoms with Gasteiger partial charge in [-0.15, -0.1) is 11.3 Å². The highest BCUT2D eigenvalue weighted by Crippen LogP contribution is 2.41. The number of aromatic nitrogens is 1. The molecule has 1 aliphatic heterocycles. The van der Waals surface area contributed by atoms with Gasteiger partial charge in [0.05, 0.1) is 21.6 Å². The Kier molecular flexibility index (Phi) is 3.56. The van der Waals surface area contributed by atoms with E-state index in [-0.39, 0.29) is 12.1 Å². The number of nitrogens with one attached hydrogen (secondary N) is 1. The van der Waals surface area contributed by atoms with E-state index >= 15 is 0 Å². The number of nitrogens with zero attached hydrogens (tertiary/aromatic N) is 2. The van der Waals surface area contributed by atoms with E-state index in [1.807, 2.05) is 31.4 Å². The summed E-state index contributed by atoms with van der Waals surface area (Å²) in [7, 11) is 2.02. The van der Waals surface area contributed by atoms with Crippen LogP contribution in [0.25, 0.3) is 0 Å². The largest absolute Gasteiger partial charge is 0.352 e. The van der Waals surface area contributed by atoms with Gasteiger partial charge < -0.3 is 10.2 Å². The third-order valence-corrected chi connectivity index (χ3v) is 5.32. The first-order valence-corrected chi connectivity index (χ1v) is 7.88. The second-order valence-electron chi connectivity index (χ2n) is 4.38. The van der Waals surface area contributed by atoms with Crippen LogP contribution in [0, 0.1) is 0 Å². The van der Waals surface area contributed by atoms with Gasteiger partial charge in [0, 0.05) is 18.1 Å². The molecule has 0 unspecified atom stereocenters. The molecule has 1 N–H and O–H groups in total. The molecule has 1 saturated heterocycles. The van der Waals surface area contributed by atoms with Crippen molar-refractivity contribution in [3.05, 3.63) is 50.9 Å². The molecule has 1 aliphatic rings. The predicted molar refractivity (Wildman–Crippen MR) is 85.2 cm³/mol. The number of thiocarbonyl (C=S) groups is 1. The summed E-state index contributed by atoms with van der Waals surface area (Å²) in [4.78, 5) is 7.84. The van der Waals surface area contributed by atoms with Gasteiger partial charge in [-0.3, -0.25) is 4.98 Å². The molecule has 6 heteroatoms. The Hall–Kier alpha value is -0.980. The molecule has 3 rings (SSSR count). The minimum absolute atomic E-state index is 0.101. The number of halogens is 1. The van der Waals surface area contributed by atoms with Crippen LogP contribution in [0.5, 0.6) is 0 Å². The van der Waals surface area contributed by atoms with Gasteiger partial charge in [-0.1, -0.05) is 6.07 Å². The van der Waals surface area contributed by atoms with Crippen molar-refractivity contribution in [3.63, 3.8) is 0 Å². The smallest absolute Gasteiger partial charge is 0.169 e. The molecule has 0 spiro atoms. The van der Waals surface area contributed by atoms with Crippen LogP contribution >= 0.6 is 39.5 Å². The molecule has 0 radical (unpaired) electrons. The van der Waals surface area contributed by atoms with Crippen LogP contribution in [0.15, 0.2) is 40.3 Å². The highest BCUT2D eigenvalue weighted by molar-refractivity contribution is 9.11. The Morgan fingerprint density at radius 2 is 2.21 bits per heavy atom. The van der Waals surface area contributed by atoms with E-state index in [0.717, 1.165) is 14.6 Å². The lowest BCUT2D eigenvalue weighted by Gasteiger charge is -2.22. The molecule has 0 bridgehead atoms. The van der Waals surface area contributed by atoms with E-state index in [4.69, 9.17) is 12.2 Å². The minimum Gasteiger partial charge on any atom is -0.352 e. The number of pyridine rings is 1. The number of hydrogen-bond acceptors (Lipinski definition) is 3. The second kappa shape index (κ2) is 5.19. The Labute approximate surface area is 129 Å². The van der Waals surface area contributed by atoms with Crippen LogP contribution in [-0.2, 0) is 0 Å². The summed E-state index contributed by atoms with van der Waals surface area (Å²) in [5.74, 6) is 0. The third-order valence-electron chi connectivity index (χ3n) is 3.22. The van der Waals surface area contributed by atoms with Crippen molar-refractivity contribution in [1.29, 1.82) is 0 Å². The fourth-order valence-electron chi connectivity index (χ4n) is 2.30. The van der Waals surface area contributed by atoms with Crippen LogP contribution in [0.3, 0.4) is 0 Å². The van der Waals surface area contributed by atoms with Gasteiger partial charge in [-0.25, -0.2) is 0 Å². The van der Waals surface area contributed by atoms with Crippen LogP contribution in [0.1, 0.15) is 22.7 Å². The fourth-order valence-corrected chi connectivity index (χ4v) is 4.15. The zero-order chi connectivity index (χ0) is 13.4. The maximum atomic E-state index is 5.38. The molecule has 0 aromatic carbocycles. The molecular formula is C13H12BrN3S2. The average Bonchev–Trinajstić information content (AvgIpc) is 2.96. The lowest BCUT2D eigenvalue weighted by Crippen LogP contribution is -2.24. The van der Waals surface area contributed by atoms with Crippen molar-refractivity contribution in [2.45, 2.75) is 12.1 Å². The average molecular weight is 354 g/mol. The summed E-state index contributed by atoms with van der Waals surface area (Å²) in [5.41, 5.74) is 1.02. The molecule has 98 valence electrons. The first-order valence-electron chi connectivity index (χ1n) is 5.86. The molecular weight excluding hydrogens is 342 g/mol. The van der Waals surface area contributed by atoms with E-state index in [0.29, 0.717) is 0 Å². The van der Waals surface area contributed by atoms with E-state index in [2.05, 4.69) is 43.3 Å². The normalized spacial score (nSPS) is 22.6. The number of likely N-dealkylation sites (N-methyl/N-ethyl adjacent to an activating group) is 1. The van der Waals surface area contributed by atoms with Gasteiger partial charge in [0.2, 0.25) is 0 Å². The fraction of sp³-hybridized carbons (Fsp3) is 0.231. The molecule has 2 atom stereocenters. The molecule has 19 heavy (non-hydrogen) atoms. The van der Waals surface area contributed by atoms with Crippen LogP contribution in [0.4, 0.5) is 0 Å². The van der Waals surface area contributed by atoms with Crippen molar-refractivity contribution >= 4 is 44.6 Å². The number of rotatable bonds is 2. The van der Waals surface area contributed by atoms with Crippen LogP contribution in [0.2, 0.25) is 0 Å². The van der Waals surface area contributed by atoms with Gasteiger partial charge >= 0.3 is 0 Å². The van der Waals surface area contributed by atoms with Crippen molar-refractivity contribution in [2.75, 3.05) is 7.05 Å². The van der Waals surface area contributed by atoms with Crippen LogP contribution in [-0.4, -0.2) is 22.0 Å². The van der Waals surface area contributed by atoms with Crippen LogP contribution < -0.4 is 5.32 Å². The maximum Gasteiger partial charge on any atom is 0.169 e. The lowest BCUT2D eigenvalue weighted by atomic mass is 10.0. The highest BCUT2D eigenvalue weighted by Gasteiger charge is 2.38. The van der Waals surface area contributed by atoms with Crippen molar-refractivity contribution in [1.82, 2.24) is 15.2 Å². The Balaban J connectivity index is 2.01. The SMILES string of the molecule is CN1C(=S)N[C@@H](c2ccccn2)[C@H]1c1ccc(Br)s1. The minimum atomic E-state index is 0.101. The standard InChI is InChI=1S/C13H12BrN3S2/c1-17-12(9-5-6-10(14)19-9)11(16-13(17)18)8-4-2-3-7-15-8/h2-7,11-12H,1H3,(H,16,18)/t11-,12+/m0/s1. The zero-order valence-electron chi connectivity index (χ0n) is 10.2. The molecule has 3 heterocycles. The lowest BCUT2D eigenvalue weighted by molar-refractivity contribution is 0.374. The highest BCUT2D eigenvalue weighted by atomic mass is 79.9. The van der Waals surface area contributed by atoms with Gasteiger partial charge in [0.25, 0.3) is 0 Å². The molecule has 0 saturated carbocycles. The van der Waals surface area contributed by atoms with E-state index < -0.39 is 0 Å². The summed E-state index contributed by atoms with van der Waals surface area (Å²) in [6.45, 7) is 0. The maximum absolute atomic E-state index is 5.38. The summed E-state index contributed by atoms with van der Waals surface area (Å²) in [6, 6.07) is 10.5. The number of thiophene rings is 1. The van der Waals surface area contributed by atoms with Gasteiger partial charge in [-0.05, 0) is 52.4 Å². The van der Waals surface area contributed by atoms with E-state index in [1.165, 1.54) is 4.88 Å². The monoisotopic (exact) mass is 353 g/mol. The summed E-state index contributed by atoms with van der Waals surface area (Å²) >= 11 is 10.6. The van der Waals surface area contributed by atoms with Crippen molar-refractivity contribution < 1.29 is 0 Å². The Bertz CT molecular complexity index is 599. The Morgan fingerprint density at radius 1 is 1.37 bits per heavy atom. The van der Waals surface area contributed by atoms with E-state index in [1.54, 1.807) is 11.3 Å². The molecule has 2 aromatic rings.